The van der Waals surface area contributed by atoms with Gasteiger partial charge in [-0.15, -0.1) is 11.6 Å². The maximum absolute atomic E-state index is 10.9. The molecule has 0 N–H and O–H groups in total. The van der Waals surface area contributed by atoms with Crippen LogP contribution in [0.1, 0.15) is 11.1 Å². The standard InChI is InChI=1S/C14H10Br2ClNO3/c15-12-5-4-11(6-10(12)7-17)21-8-9-2-1-3-13(14(9)16)18(19)20/h1-6H,7-8H2. The molecule has 0 aliphatic carbocycles. The summed E-state index contributed by atoms with van der Waals surface area (Å²) in [5.41, 5.74) is 1.65. The Labute approximate surface area is 143 Å². The maximum atomic E-state index is 10.9. The molecule has 4 nitrogen and oxygen atoms in total. The fraction of sp³-hybridized carbons (Fsp3) is 0.143. The van der Waals surface area contributed by atoms with E-state index in [-0.39, 0.29) is 12.3 Å². The number of rotatable bonds is 5. The van der Waals surface area contributed by atoms with Crippen LogP contribution in [-0.2, 0) is 12.5 Å². The third-order valence-corrected chi connectivity index (χ3v) is 4.79. The lowest BCUT2D eigenvalue weighted by atomic mass is 10.2. The third-order valence-electron chi connectivity index (χ3n) is 2.81. The van der Waals surface area contributed by atoms with E-state index in [9.17, 15) is 10.1 Å². The molecule has 21 heavy (non-hydrogen) atoms. The molecule has 2 aromatic rings. The zero-order valence-electron chi connectivity index (χ0n) is 10.7. The summed E-state index contributed by atoms with van der Waals surface area (Å²) >= 11 is 12.5. The molecule has 0 aliphatic rings. The Kier molecular flexibility index (Phi) is 5.61. The number of nitro groups is 1. The molecule has 0 spiro atoms. The molecule has 2 rings (SSSR count). The van der Waals surface area contributed by atoms with Gasteiger partial charge in [0, 0.05) is 22.0 Å². The number of ether oxygens (including phenoxy) is 1. The van der Waals surface area contributed by atoms with Crippen molar-refractivity contribution < 1.29 is 9.66 Å². The summed E-state index contributed by atoms with van der Waals surface area (Å²) < 4.78 is 7.03. The highest BCUT2D eigenvalue weighted by atomic mass is 79.9. The zero-order chi connectivity index (χ0) is 15.4. The highest BCUT2D eigenvalue weighted by Crippen LogP contribution is 2.30. The van der Waals surface area contributed by atoms with Crippen LogP contribution in [0.15, 0.2) is 45.3 Å². The number of hydrogen-bond donors (Lipinski definition) is 0. The van der Waals surface area contributed by atoms with E-state index in [0.29, 0.717) is 21.7 Å². The normalized spacial score (nSPS) is 10.4. The number of hydrogen-bond acceptors (Lipinski definition) is 3. The Morgan fingerprint density at radius 3 is 2.62 bits per heavy atom. The maximum Gasteiger partial charge on any atom is 0.283 e. The highest BCUT2D eigenvalue weighted by Gasteiger charge is 2.15. The molecule has 110 valence electrons. The van der Waals surface area contributed by atoms with Crippen molar-refractivity contribution in [2.24, 2.45) is 0 Å². The van der Waals surface area contributed by atoms with Crippen molar-refractivity contribution >= 4 is 49.1 Å². The zero-order valence-corrected chi connectivity index (χ0v) is 14.6. The monoisotopic (exact) mass is 433 g/mol. The molecule has 0 radical (unpaired) electrons. The van der Waals surface area contributed by atoms with E-state index >= 15 is 0 Å². The smallest absolute Gasteiger partial charge is 0.283 e. The molecule has 0 aliphatic heterocycles. The number of halogens is 3. The van der Waals surface area contributed by atoms with Crippen LogP contribution in [0.25, 0.3) is 0 Å². The van der Waals surface area contributed by atoms with Gasteiger partial charge in [-0.2, -0.15) is 0 Å². The highest BCUT2D eigenvalue weighted by molar-refractivity contribution is 9.11. The fourth-order valence-electron chi connectivity index (χ4n) is 1.72. The summed E-state index contributed by atoms with van der Waals surface area (Å²) in [6.45, 7) is 0.228. The van der Waals surface area contributed by atoms with E-state index in [1.165, 1.54) is 6.07 Å². The summed E-state index contributed by atoms with van der Waals surface area (Å²) in [5.74, 6) is 1.03. The van der Waals surface area contributed by atoms with Crippen LogP contribution in [0.2, 0.25) is 0 Å². The SMILES string of the molecule is O=[N+]([O-])c1cccc(COc2ccc(Br)c(CCl)c2)c1Br. The van der Waals surface area contributed by atoms with Gasteiger partial charge in [0.1, 0.15) is 16.8 Å². The Balaban J connectivity index is 2.17. The molecule has 7 heteroatoms. The minimum atomic E-state index is -0.432. The summed E-state index contributed by atoms with van der Waals surface area (Å²) in [7, 11) is 0. The van der Waals surface area contributed by atoms with Crippen LogP contribution in [0, 0.1) is 10.1 Å². The van der Waals surface area contributed by atoms with Gasteiger partial charge in [-0.3, -0.25) is 10.1 Å². The first-order valence-corrected chi connectivity index (χ1v) is 8.04. The molecule has 0 amide bonds. The number of alkyl halides is 1. The molecular formula is C14H10Br2ClNO3. The number of nitro benzene ring substituents is 1. The summed E-state index contributed by atoms with van der Waals surface area (Å²) in [4.78, 5) is 10.5. The Morgan fingerprint density at radius 2 is 1.95 bits per heavy atom. The predicted octanol–water partition coefficient (Wildman–Crippen LogP) is 5.44. The van der Waals surface area contributed by atoms with Crippen molar-refractivity contribution in [2.45, 2.75) is 12.5 Å². The lowest BCUT2D eigenvalue weighted by molar-refractivity contribution is -0.385. The lowest BCUT2D eigenvalue weighted by Crippen LogP contribution is -1.99. The van der Waals surface area contributed by atoms with Gasteiger partial charge >= 0.3 is 0 Å². The van der Waals surface area contributed by atoms with Crippen LogP contribution in [-0.4, -0.2) is 4.92 Å². The minimum Gasteiger partial charge on any atom is -0.489 e. The molecule has 0 bridgehead atoms. The van der Waals surface area contributed by atoms with Gasteiger partial charge < -0.3 is 4.74 Å². The van der Waals surface area contributed by atoms with E-state index in [1.807, 2.05) is 18.2 Å². The summed E-state index contributed by atoms with van der Waals surface area (Å²) in [6.07, 6.45) is 0. The van der Waals surface area contributed by atoms with E-state index in [0.717, 1.165) is 10.0 Å². The largest absolute Gasteiger partial charge is 0.489 e. The Morgan fingerprint density at radius 1 is 1.19 bits per heavy atom. The molecule has 0 heterocycles. The van der Waals surface area contributed by atoms with Gasteiger partial charge in [-0.1, -0.05) is 28.1 Å². The van der Waals surface area contributed by atoms with Gasteiger partial charge in [0.05, 0.1) is 4.92 Å². The van der Waals surface area contributed by atoms with E-state index in [2.05, 4.69) is 31.9 Å². The van der Waals surface area contributed by atoms with Gasteiger partial charge in [0.25, 0.3) is 5.69 Å². The number of benzene rings is 2. The van der Waals surface area contributed by atoms with Gasteiger partial charge in [-0.25, -0.2) is 0 Å². The lowest BCUT2D eigenvalue weighted by Gasteiger charge is -2.10. The topological polar surface area (TPSA) is 52.4 Å². The first-order valence-electron chi connectivity index (χ1n) is 5.92. The third kappa shape index (κ3) is 3.96. The predicted molar refractivity (Wildman–Crippen MR) is 88.8 cm³/mol. The van der Waals surface area contributed by atoms with Gasteiger partial charge in [-0.05, 0) is 39.7 Å². The average molecular weight is 435 g/mol. The Bertz CT molecular complexity index is 679. The average Bonchev–Trinajstić information content (AvgIpc) is 2.47. The molecule has 0 saturated carbocycles. The van der Waals surface area contributed by atoms with Crippen molar-refractivity contribution in [1.82, 2.24) is 0 Å². The van der Waals surface area contributed by atoms with Gasteiger partial charge in [0.15, 0.2) is 0 Å². The van der Waals surface area contributed by atoms with Crippen molar-refractivity contribution in [3.63, 3.8) is 0 Å². The van der Waals surface area contributed by atoms with Crippen LogP contribution < -0.4 is 4.74 Å². The molecule has 0 unspecified atom stereocenters. The molecule has 0 fully saturated rings. The molecular weight excluding hydrogens is 425 g/mol. The van der Waals surface area contributed by atoms with Crippen molar-refractivity contribution in [3.05, 3.63) is 66.6 Å². The number of nitrogens with zero attached hydrogens (tertiary/aromatic N) is 1. The fourth-order valence-corrected chi connectivity index (χ4v) is 3.02. The molecule has 0 atom stereocenters. The first-order chi connectivity index (χ1) is 10.0. The minimum absolute atomic E-state index is 0.0216. The van der Waals surface area contributed by atoms with Crippen LogP contribution in [0.3, 0.4) is 0 Å². The second-order valence-electron chi connectivity index (χ2n) is 4.18. The second kappa shape index (κ2) is 7.24. The summed E-state index contributed by atoms with van der Waals surface area (Å²) in [6, 6.07) is 10.4. The van der Waals surface area contributed by atoms with Crippen molar-refractivity contribution in [1.29, 1.82) is 0 Å². The van der Waals surface area contributed by atoms with Crippen LogP contribution in [0.5, 0.6) is 5.75 Å². The van der Waals surface area contributed by atoms with Crippen molar-refractivity contribution in [2.75, 3.05) is 0 Å². The van der Waals surface area contributed by atoms with Crippen molar-refractivity contribution in [3.8, 4) is 5.75 Å². The van der Waals surface area contributed by atoms with Gasteiger partial charge in [0.2, 0.25) is 0 Å². The molecule has 0 saturated heterocycles. The Hall–Kier alpha value is -1.11. The van der Waals surface area contributed by atoms with E-state index in [4.69, 9.17) is 16.3 Å². The van der Waals surface area contributed by atoms with Crippen LogP contribution in [0.4, 0.5) is 5.69 Å². The first kappa shape index (κ1) is 16.3. The molecule has 0 aromatic heterocycles. The van der Waals surface area contributed by atoms with Crippen LogP contribution >= 0.6 is 43.5 Å². The van der Waals surface area contributed by atoms with E-state index < -0.39 is 4.92 Å². The van der Waals surface area contributed by atoms with E-state index in [1.54, 1.807) is 12.1 Å². The quantitative estimate of drug-likeness (QED) is 0.357. The second-order valence-corrected chi connectivity index (χ2v) is 6.10. The summed E-state index contributed by atoms with van der Waals surface area (Å²) in [5, 5.41) is 10.9. The molecule has 2 aromatic carbocycles.